The highest BCUT2D eigenvalue weighted by Crippen LogP contribution is 2.37. The molecule has 8 nitrogen and oxygen atoms in total. The van der Waals surface area contributed by atoms with Gasteiger partial charge in [0, 0.05) is 37.3 Å². The molecule has 2 aromatic carbocycles. The van der Waals surface area contributed by atoms with Crippen molar-refractivity contribution >= 4 is 34.1 Å². The number of carbonyl (C=O) groups is 1. The minimum absolute atomic E-state index is 0.274. The number of carbonyl (C=O) groups excluding carboxylic acids is 1. The van der Waals surface area contributed by atoms with Crippen LogP contribution in [0.25, 0.3) is 10.8 Å². The number of halogens is 1. The molecule has 1 N–H and O–H groups in total. The molecule has 9 heteroatoms. The first-order chi connectivity index (χ1) is 20.9. The molecule has 6 rings (SSSR count). The number of nitrogens with zero attached hydrogens (tertiary/aromatic N) is 4. The fourth-order valence-electron chi connectivity index (χ4n) is 5.90. The Balaban J connectivity index is 1.43. The Morgan fingerprint density at radius 1 is 1.02 bits per heavy atom. The molecule has 1 aliphatic carbocycles. The van der Waals surface area contributed by atoms with Gasteiger partial charge in [-0.25, -0.2) is 14.4 Å². The normalized spacial score (nSPS) is 19.3. The lowest BCUT2D eigenvalue weighted by molar-refractivity contribution is -0.117. The van der Waals surface area contributed by atoms with E-state index in [2.05, 4.69) is 57.4 Å². The van der Waals surface area contributed by atoms with E-state index in [0.29, 0.717) is 24.9 Å². The number of hydrogen-bond donors (Lipinski definition) is 1. The zero-order valence-electron chi connectivity index (χ0n) is 24.9. The molecule has 43 heavy (non-hydrogen) atoms. The number of benzene rings is 2. The lowest BCUT2D eigenvalue weighted by Crippen LogP contribution is -2.30. The predicted octanol–water partition coefficient (Wildman–Crippen LogP) is 6.53. The first-order valence-electron chi connectivity index (χ1n) is 15.0. The third-order valence-electron chi connectivity index (χ3n) is 8.49. The Labute approximate surface area is 251 Å². The van der Waals surface area contributed by atoms with Crippen molar-refractivity contribution < 1.29 is 18.7 Å². The van der Waals surface area contributed by atoms with Crippen LogP contribution in [0.15, 0.2) is 66.9 Å². The van der Waals surface area contributed by atoms with Gasteiger partial charge in [-0.15, -0.1) is 0 Å². The molecule has 1 saturated heterocycles. The zero-order valence-corrected chi connectivity index (χ0v) is 24.9. The minimum Gasteiger partial charge on any atom is -0.497 e. The maximum Gasteiger partial charge on any atom is 0.231 e. The van der Waals surface area contributed by atoms with Gasteiger partial charge in [-0.05, 0) is 78.6 Å². The molecule has 1 saturated carbocycles. The quantitative estimate of drug-likeness (QED) is 0.215. The number of rotatable bonds is 11. The van der Waals surface area contributed by atoms with Crippen LogP contribution in [0, 0.1) is 5.92 Å². The molecule has 3 atom stereocenters. The van der Waals surface area contributed by atoms with E-state index in [-0.39, 0.29) is 12.3 Å². The van der Waals surface area contributed by atoms with Crippen LogP contribution in [0.2, 0.25) is 0 Å². The number of amides is 1. The van der Waals surface area contributed by atoms with Crippen molar-refractivity contribution in [1.29, 1.82) is 0 Å². The van der Waals surface area contributed by atoms with Crippen LogP contribution in [-0.4, -0.2) is 48.9 Å². The van der Waals surface area contributed by atoms with Crippen molar-refractivity contribution in [2.24, 2.45) is 5.92 Å². The fourth-order valence-corrected chi connectivity index (χ4v) is 5.90. The topological polar surface area (TPSA) is 79.8 Å². The first kappa shape index (κ1) is 28.7. The second-order valence-corrected chi connectivity index (χ2v) is 11.4. The predicted molar refractivity (Wildman–Crippen MR) is 168 cm³/mol. The van der Waals surface area contributed by atoms with Crippen LogP contribution in [0.1, 0.15) is 43.7 Å². The lowest BCUT2D eigenvalue weighted by Gasteiger charge is -2.30. The van der Waals surface area contributed by atoms with Gasteiger partial charge in [0.2, 0.25) is 5.91 Å². The molecular formula is C34H38FN5O3. The molecule has 224 valence electrons. The molecule has 1 unspecified atom stereocenters. The van der Waals surface area contributed by atoms with Crippen molar-refractivity contribution in [2.45, 2.75) is 57.9 Å². The van der Waals surface area contributed by atoms with Gasteiger partial charge in [0.25, 0.3) is 0 Å². The summed E-state index contributed by atoms with van der Waals surface area (Å²) in [5.74, 6) is 2.86. The summed E-state index contributed by atoms with van der Waals surface area (Å²) in [6.45, 7) is 4.38. The van der Waals surface area contributed by atoms with Crippen LogP contribution < -0.4 is 24.6 Å². The number of ether oxygens (including phenoxy) is 2. The average Bonchev–Trinajstić information content (AvgIpc) is 3.58. The Hall–Kier alpha value is -4.40. The Morgan fingerprint density at radius 2 is 1.65 bits per heavy atom. The molecule has 4 aromatic rings. The monoisotopic (exact) mass is 583 g/mol. The summed E-state index contributed by atoms with van der Waals surface area (Å²) in [5, 5.41) is 4.63. The van der Waals surface area contributed by atoms with Crippen LogP contribution in [0.3, 0.4) is 0 Å². The fraction of sp³-hybridized carbons (Fsp3) is 0.382. The van der Waals surface area contributed by atoms with E-state index >= 15 is 0 Å². The smallest absolute Gasteiger partial charge is 0.231 e. The van der Waals surface area contributed by atoms with Gasteiger partial charge in [0.05, 0.1) is 20.1 Å². The van der Waals surface area contributed by atoms with E-state index < -0.39 is 12.1 Å². The Morgan fingerprint density at radius 3 is 2.21 bits per heavy atom. The molecule has 2 aliphatic rings. The van der Waals surface area contributed by atoms with Crippen molar-refractivity contribution in [3.63, 3.8) is 0 Å². The summed E-state index contributed by atoms with van der Waals surface area (Å²) in [5.41, 5.74) is 2.23. The van der Waals surface area contributed by atoms with E-state index in [4.69, 9.17) is 14.5 Å². The minimum atomic E-state index is -1.06. The molecule has 1 amide bonds. The van der Waals surface area contributed by atoms with Crippen LogP contribution >= 0.6 is 0 Å². The SMILES string of the molecule is CCC1CCCN1c1cc2cc(NC(=O)[C@@H]3C[C@@H]3F)ncc2c(N(Cc2ccc(OC)cc2)Cc2ccc(OC)cc2)n1. The third-order valence-corrected chi connectivity index (χ3v) is 8.49. The van der Waals surface area contributed by atoms with Gasteiger partial charge in [0.1, 0.15) is 35.1 Å². The van der Waals surface area contributed by atoms with Gasteiger partial charge in [-0.1, -0.05) is 31.2 Å². The van der Waals surface area contributed by atoms with E-state index in [1.165, 1.54) is 0 Å². The van der Waals surface area contributed by atoms with Gasteiger partial charge in [0.15, 0.2) is 0 Å². The van der Waals surface area contributed by atoms with Crippen molar-refractivity contribution in [1.82, 2.24) is 9.97 Å². The summed E-state index contributed by atoms with van der Waals surface area (Å²) >= 11 is 0. The molecule has 1 aliphatic heterocycles. The first-order valence-corrected chi connectivity index (χ1v) is 15.0. The zero-order chi connectivity index (χ0) is 29.9. The van der Waals surface area contributed by atoms with E-state index in [1.807, 2.05) is 30.3 Å². The Bertz CT molecular complexity index is 1530. The standard InChI is InChI=1S/C34H38FN5O3/c1-4-25-6-5-15-40(25)32-17-24-16-31(37-34(41)28-18-30(28)35)36-19-29(24)33(38-32)39(20-22-7-11-26(42-2)12-8-22)21-23-9-13-27(43-3)14-10-23/h7-14,16-17,19,25,28,30H,4-6,15,18,20-21H2,1-3H3,(H,36,37,41)/t25?,28-,30+/m1/s1. The summed E-state index contributed by atoms with van der Waals surface area (Å²) < 4.78 is 24.3. The highest BCUT2D eigenvalue weighted by Gasteiger charge is 2.43. The summed E-state index contributed by atoms with van der Waals surface area (Å²) in [4.78, 5) is 27.1. The number of anilines is 3. The molecule has 0 bridgehead atoms. The molecule has 0 spiro atoms. The van der Waals surface area contributed by atoms with E-state index in [9.17, 15) is 9.18 Å². The maximum atomic E-state index is 13.5. The number of pyridine rings is 2. The second-order valence-electron chi connectivity index (χ2n) is 11.4. The number of nitrogens with one attached hydrogen (secondary N) is 1. The second kappa shape index (κ2) is 12.5. The highest BCUT2D eigenvalue weighted by atomic mass is 19.1. The average molecular weight is 584 g/mol. The van der Waals surface area contributed by atoms with Gasteiger partial charge < -0.3 is 24.6 Å². The third kappa shape index (κ3) is 6.35. The lowest BCUT2D eigenvalue weighted by atomic mass is 10.1. The number of alkyl halides is 1. The summed E-state index contributed by atoms with van der Waals surface area (Å²) in [6, 6.07) is 20.6. The summed E-state index contributed by atoms with van der Waals surface area (Å²) in [7, 11) is 3.33. The van der Waals surface area contributed by atoms with Crippen molar-refractivity contribution in [2.75, 3.05) is 35.9 Å². The van der Waals surface area contributed by atoms with E-state index in [0.717, 1.165) is 70.8 Å². The maximum absolute atomic E-state index is 13.5. The number of aromatic nitrogens is 2. The highest BCUT2D eigenvalue weighted by molar-refractivity contribution is 5.99. The summed E-state index contributed by atoms with van der Waals surface area (Å²) in [6.07, 6.45) is 4.28. The molecule has 0 radical (unpaired) electrons. The number of methoxy groups -OCH3 is 2. The van der Waals surface area contributed by atoms with Crippen molar-refractivity contribution in [3.8, 4) is 11.5 Å². The van der Waals surface area contributed by atoms with Crippen LogP contribution in [0.4, 0.5) is 21.8 Å². The van der Waals surface area contributed by atoms with Crippen molar-refractivity contribution in [3.05, 3.63) is 78.0 Å². The molecular weight excluding hydrogens is 545 g/mol. The number of hydrogen-bond acceptors (Lipinski definition) is 7. The Kier molecular flexibility index (Phi) is 8.31. The molecule has 3 heterocycles. The van der Waals surface area contributed by atoms with Gasteiger partial charge in [-0.3, -0.25) is 4.79 Å². The van der Waals surface area contributed by atoms with Crippen LogP contribution in [-0.2, 0) is 17.9 Å². The van der Waals surface area contributed by atoms with Gasteiger partial charge >= 0.3 is 0 Å². The largest absolute Gasteiger partial charge is 0.497 e. The molecule has 2 aromatic heterocycles. The van der Waals surface area contributed by atoms with Gasteiger partial charge in [-0.2, -0.15) is 0 Å². The molecule has 2 fully saturated rings. The number of fused-ring (bicyclic) bond motifs is 1. The van der Waals surface area contributed by atoms with Crippen LogP contribution in [0.5, 0.6) is 11.5 Å². The van der Waals surface area contributed by atoms with E-state index in [1.54, 1.807) is 20.4 Å².